The van der Waals surface area contributed by atoms with Gasteiger partial charge in [0, 0.05) is 24.3 Å². The Bertz CT molecular complexity index is 1080. The Labute approximate surface area is 215 Å². The monoisotopic (exact) mass is 521 g/mol. The lowest BCUT2D eigenvalue weighted by Gasteiger charge is -2.45. The first-order valence-electron chi connectivity index (χ1n) is 11.8. The van der Waals surface area contributed by atoms with Crippen LogP contribution in [-0.2, 0) is 20.9 Å². The fourth-order valence-electron chi connectivity index (χ4n) is 4.45. The standard InChI is InChI=1S/C25H36N4O4S2/c1-16-14-34-18(11-26-5)21(16)27-19(30)12-29(9-7-25(3,4)8-10-29)13-20(31)28-22-17(2)15-35-23(22)24(32)33-6/h14-15,26H,7-13H2,1-6H3,(H-,27,28,30,31,32)/p+1. The summed E-state index contributed by atoms with van der Waals surface area (Å²) in [6.45, 7) is 10.9. The number of esters is 1. The zero-order valence-corrected chi connectivity index (χ0v) is 23.1. The lowest BCUT2D eigenvalue weighted by molar-refractivity contribution is -0.919. The molecule has 2 aromatic rings. The molecule has 1 aliphatic rings. The smallest absolute Gasteiger partial charge is 0.350 e. The summed E-state index contributed by atoms with van der Waals surface area (Å²) in [5.74, 6) is -0.755. The van der Waals surface area contributed by atoms with E-state index in [0.29, 0.717) is 21.6 Å². The molecule has 0 aliphatic carbocycles. The van der Waals surface area contributed by atoms with Gasteiger partial charge in [-0.05, 0) is 48.2 Å². The van der Waals surface area contributed by atoms with E-state index in [1.807, 2.05) is 31.7 Å². The Morgan fingerprint density at radius 2 is 1.51 bits per heavy atom. The van der Waals surface area contributed by atoms with E-state index in [9.17, 15) is 14.4 Å². The number of nitrogens with one attached hydrogen (secondary N) is 3. The number of methoxy groups -OCH3 is 1. The van der Waals surface area contributed by atoms with Crippen LogP contribution in [0, 0.1) is 19.3 Å². The number of piperidine rings is 1. The van der Waals surface area contributed by atoms with Crippen LogP contribution in [0.4, 0.5) is 11.4 Å². The highest BCUT2D eigenvalue weighted by molar-refractivity contribution is 7.12. The van der Waals surface area contributed by atoms with E-state index in [2.05, 4.69) is 29.8 Å². The average Bonchev–Trinajstić information content (AvgIpc) is 3.33. The molecule has 0 bridgehead atoms. The van der Waals surface area contributed by atoms with Crippen LogP contribution in [0.1, 0.15) is 52.4 Å². The van der Waals surface area contributed by atoms with E-state index >= 15 is 0 Å². The Kier molecular flexibility index (Phi) is 8.74. The Morgan fingerprint density at radius 3 is 2.09 bits per heavy atom. The van der Waals surface area contributed by atoms with Crippen molar-refractivity contribution < 1.29 is 23.6 Å². The number of amides is 2. The summed E-state index contributed by atoms with van der Waals surface area (Å²) >= 11 is 2.88. The molecule has 0 unspecified atom stereocenters. The molecule has 0 spiro atoms. The number of rotatable bonds is 9. The fraction of sp³-hybridized carbons (Fsp3) is 0.560. The van der Waals surface area contributed by atoms with E-state index in [0.717, 1.165) is 47.6 Å². The van der Waals surface area contributed by atoms with E-state index in [4.69, 9.17) is 4.74 Å². The summed E-state index contributed by atoms with van der Waals surface area (Å²) in [6, 6.07) is 0. The minimum atomic E-state index is -0.468. The third-order valence-corrected chi connectivity index (χ3v) is 8.93. The van der Waals surface area contributed by atoms with Gasteiger partial charge in [0.1, 0.15) is 4.88 Å². The normalized spacial score (nSPS) is 16.5. The summed E-state index contributed by atoms with van der Waals surface area (Å²) in [4.78, 5) is 40.1. The number of carbonyl (C=O) groups is 3. The second-order valence-corrected chi connectivity index (χ2v) is 12.1. The molecule has 3 N–H and O–H groups in total. The number of carbonyl (C=O) groups excluding carboxylic acids is 3. The third kappa shape index (κ3) is 6.69. The zero-order chi connectivity index (χ0) is 25.8. The summed E-state index contributed by atoms with van der Waals surface area (Å²) in [5, 5.41) is 13.1. The van der Waals surface area contributed by atoms with Crippen molar-refractivity contribution in [1.82, 2.24) is 5.32 Å². The van der Waals surface area contributed by atoms with Crippen molar-refractivity contribution in [3.8, 4) is 0 Å². The number of likely N-dealkylation sites (tertiary alicyclic amines) is 1. The molecule has 0 aromatic carbocycles. The second-order valence-electron chi connectivity index (χ2n) is 10.2. The molecule has 2 aromatic heterocycles. The van der Waals surface area contributed by atoms with Gasteiger partial charge in [-0.1, -0.05) is 13.8 Å². The van der Waals surface area contributed by atoms with Crippen LogP contribution < -0.4 is 16.0 Å². The first-order valence-corrected chi connectivity index (χ1v) is 13.6. The van der Waals surface area contributed by atoms with Gasteiger partial charge < -0.3 is 25.2 Å². The van der Waals surface area contributed by atoms with Crippen LogP contribution in [0.3, 0.4) is 0 Å². The van der Waals surface area contributed by atoms with Crippen molar-refractivity contribution in [3.63, 3.8) is 0 Å². The first kappa shape index (κ1) is 27.3. The highest BCUT2D eigenvalue weighted by Crippen LogP contribution is 2.35. The maximum Gasteiger partial charge on any atom is 0.350 e. The minimum absolute atomic E-state index is 0.0849. The lowest BCUT2D eigenvalue weighted by Crippen LogP contribution is -2.60. The molecule has 1 aliphatic heterocycles. The highest BCUT2D eigenvalue weighted by Gasteiger charge is 2.41. The predicted octanol–water partition coefficient (Wildman–Crippen LogP) is 4.15. The van der Waals surface area contributed by atoms with Crippen LogP contribution in [-0.4, -0.2) is 62.6 Å². The molecule has 3 heterocycles. The van der Waals surface area contributed by atoms with Gasteiger partial charge in [0.2, 0.25) is 0 Å². The van der Waals surface area contributed by atoms with Crippen LogP contribution in [0.5, 0.6) is 0 Å². The number of aryl methyl sites for hydroxylation is 2. The molecule has 0 radical (unpaired) electrons. The number of thiophene rings is 2. The van der Waals surface area contributed by atoms with Gasteiger partial charge in [0.25, 0.3) is 11.8 Å². The van der Waals surface area contributed by atoms with E-state index < -0.39 is 5.97 Å². The fourth-order valence-corrected chi connectivity index (χ4v) is 6.37. The molecule has 0 saturated carbocycles. The van der Waals surface area contributed by atoms with Gasteiger partial charge in [0.15, 0.2) is 13.1 Å². The molecular weight excluding hydrogens is 484 g/mol. The van der Waals surface area contributed by atoms with Crippen molar-refractivity contribution in [2.45, 2.75) is 47.1 Å². The summed E-state index contributed by atoms with van der Waals surface area (Å²) in [7, 11) is 3.21. The van der Waals surface area contributed by atoms with Crippen LogP contribution in [0.25, 0.3) is 0 Å². The molecule has 8 nitrogen and oxygen atoms in total. The van der Waals surface area contributed by atoms with Crippen molar-refractivity contribution in [3.05, 3.63) is 31.6 Å². The van der Waals surface area contributed by atoms with Gasteiger partial charge >= 0.3 is 5.97 Å². The first-order chi connectivity index (χ1) is 16.5. The maximum atomic E-state index is 13.3. The molecule has 1 fully saturated rings. The Balaban J connectivity index is 1.77. The van der Waals surface area contributed by atoms with Crippen molar-refractivity contribution in [2.75, 3.05) is 51.0 Å². The summed E-state index contributed by atoms with van der Waals surface area (Å²) in [6.07, 6.45) is 1.86. The lowest BCUT2D eigenvalue weighted by atomic mass is 9.81. The third-order valence-electron chi connectivity index (χ3n) is 6.75. The Morgan fingerprint density at radius 1 is 0.971 bits per heavy atom. The van der Waals surface area contributed by atoms with Crippen molar-refractivity contribution in [1.29, 1.82) is 0 Å². The molecule has 1 saturated heterocycles. The predicted molar refractivity (Wildman–Crippen MR) is 142 cm³/mol. The Hall–Kier alpha value is -2.27. The molecule has 10 heteroatoms. The number of nitrogens with zero attached hydrogens (tertiary/aromatic N) is 1. The number of hydrogen-bond acceptors (Lipinski definition) is 7. The maximum absolute atomic E-state index is 13.3. The largest absolute Gasteiger partial charge is 0.465 e. The van der Waals surface area contributed by atoms with Gasteiger partial charge in [0.05, 0.1) is 31.6 Å². The number of anilines is 2. The van der Waals surface area contributed by atoms with Gasteiger partial charge in [-0.2, -0.15) is 0 Å². The van der Waals surface area contributed by atoms with Gasteiger partial charge in [-0.25, -0.2) is 4.79 Å². The molecule has 35 heavy (non-hydrogen) atoms. The second kappa shape index (κ2) is 11.2. The minimum Gasteiger partial charge on any atom is -0.465 e. The van der Waals surface area contributed by atoms with Gasteiger partial charge in [-0.15, -0.1) is 22.7 Å². The SMILES string of the molecule is CNCc1scc(C)c1NC(=O)C[N+]1(CC(=O)Nc2c(C)csc2C(=O)OC)CCC(C)(C)CC1. The summed E-state index contributed by atoms with van der Waals surface area (Å²) < 4.78 is 5.25. The van der Waals surface area contributed by atoms with Crippen molar-refractivity contribution >= 4 is 51.8 Å². The number of hydrogen-bond donors (Lipinski definition) is 3. The molecule has 192 valence electrons. The average molecular weight is 522 g/mol. The quantitative estimate of drug-likeness (QED) is 0.340. The molecular formula is C25H37N4O4S2+. The van der Waals surface area contributed by atoms with E-state index in [1.165, 1.54) is 18.4 Å². The number of ether oxygens (including phenoxy) is 1. The molecule has 2 amide bonds. The van der Waals surface area contributed by atoms with E-state index in [-0.39, 0.29) is 30.3 Å². The van der Waals surface area contributed by atoms with Crippen LogP contribution in [0.2, 0.25) is 0 Å². The summed E-state index contributed by atoms with van der Waals surface area (Å²) in [5.41, 5.74) is 3.41. The van der Waals surface area contributed by atoms with Crippen LogP contribution >= 0.6 is 22.7 Å². The topological polar surface area (TPSA) is 96.5 Å². The van der Waals surface area contributed by atoms with Crippen molar-refractivity contribution in [2.24, 2.45) is 5.41 Å². The number of quaternary nitrogens is 1. The van der Waals surface area contributed by atoms with Gasteiger partial charge in [-0.3, -0.25) is 9.59 Å². The molecule has 3 rings (SSSR count). The molecule has 0 atom stereocenters. The highest BCUT2D eigenvalue weighted by atomic mass is 32.1. The van der Waals surface area contributed by atoms with Crippen LogP contribution in [0.15, 0.2) is 10.8 Å². The zero-order valence-electron chi connectivity index (χ0n) is 21.5. The van der Waals surface area contributed by atoms with E-state index in [1.54, 1.807) is 11.3 Å².